The number of Topliss-reactive ketones (excluding diaryl/α,β-unsaturated/α-hetero) is 1. The Labute approximate surface area is 138 Å². The number of hydrogen-bond donors (Lipinski definition) is 1. The van der Waals surface area contributed by atoms with Crippen LogP contribution in [0, 0.1) is 5.41 Å². The monoisotopic (exact) mass is 317 g/mol. The number of carbonyl (C=O) groups excluding carboxylic acids is 1. The summed E-state index contributed by atoms with van der Waals surface area (Å²) >= 11 is 5.92. The van der Waals surface area contributed by atoms with Crippen molar-refractivity contribution >= 4 is 34.7 Å². The molecule has 0 saturated carbocycles. The molecular formula is C20H12ClNO. The molecule has 2 aromatic rings. The fourth-order valence-corrected chi connectivity index (χ4v) is 3.09. The van der Waals surface area contributed by atoms with Gasteiger partial charge in [0.05, 0.1) is 5.71 Å². The Kier molecular flexibility index (Phi) is 3.14. The lowest BCUT2D eigenvalue weighted by Gasteiger charge is -2.23. The number of halogens is 1. The number of fused-ring (bicyclic) bond motifs is 2. The van der Waals surface area contributed by atoms with Gasteiger partial charge in [0.25, 0.3) is 0 Å². The van der Waals surface area contributed by atoms with Crippen LogP contribution in [-0.2, 0) is 4.79 Å². The van der Waals surface area contributed by atoms with Crippen LogP contribution >= 0.6 is 11.6 Å². The van der Waals surface area contributed by atoms with E-state index in [1.54, 1.807) is 18.2 Å². The second-order valence-electron chi connectivity index (χ2n) is 5.52. The third-order valence-electron chi connectivity index (χ3n) is 4.15. The van der Waals surface area contributed by atoms with Crippen molar-refractivity contribution in [1.82, 2.24) is 0 Å². The predicted molar refractivity (Wildman–Crippen MR) is 93.8 cm³/mol. The average molecular weight is 318 g/mol. The number of carbonyl (C=O) groups is 1. The van der Waals surface area contributed by atoms with Crippen molar-refractivity contribution in [3.8, 4) is 0 Å². The summed E-state index contributed by atoms with van der Waals surface area (Å²) in [5.74, 6) is -0.0518. The summed E-state index contributed by atoms with van der Waals surface area (Å²) in [6, 6.07) is 14.9. The molecule has 3 heteroatoms. The molecule has 4 rings (SSSR count). The number of ketones is 1. The molecule has 0 aliphatic heterocycles. The van der Waals surface area contributed by atoms with Gasteiger partial charge in [-0.05, 0) is 35.4 Å². The summed E-state index contributed by atoms with van der Waals surface area (Å²) in [7, 11) is 0. The molecule has 2 aliphatic carbocycles. The van der Waals surface area contributed by atoms with Crippen LogP contribution in [0.5, 0.6) is 0 Å². The molecule has 2 aliphatic rings. The number of hydrogen-bond acceptors (Lipinski definition) is 2. The quantitative estimate of drug-likeness (QED) is 0.814. The molecule has 0 aromatic heterocycles. The molecule has 0 amide bonds. The number of benzene rings is 2. The van der Waals surface area contributed by atoms with E-state index in [0.29, 0.717) is 27.5 Å². The van der Waals surface area contributed by atoms with E-state index in [-0.39, 0.29) is 5.78 Å². The summed E-state index contributed by atoms with van der Waals surface area (Å²) in [6.45, 7) is 0. The summed E-state index contributed by atoms with van der Waals surface area (Å²) in [6.07, 6.45) is 5.53. The molecule has 0 fully saturated rings. The normalized spacial score (nSPS) is 16.1. The van der Waals surface area contributed by atoms with E-state index in [2.05, 4.69) is 0 Å². The molecule has 0 heterocycles. The number of nitrogens with one attached hydrogen (secondary N) is 1. The van der Waals surface area contributed by atoms with Gasteiger partial charge in [0.1, 0.15) is 0 Å². The van der Waals surface area contributed by atoms with Crippen molar-refractivity contribution in [3.63, 3.8) is 0 Å². The largest absolute Gasteiger partial charge is 0.300 e. The van der Waals surface area contributed by atoms with Gasteiger partial charge < -0.3 is 0 Å². The van der Waals surface area contributed by atoms with Gasteiger partial charge in [0.15, 0.2) is 5.78 Å². The van der Waals surface area contributed by atoms with Crippen LogP contribution in [0.4, 0.5) is 0 Å². The minimum absolute atomic E-state index is 0.0518. The highest BCUT2D eigenvalue weighted by Crippen LogP contribution is 2.35. The SMILES string of the molecule is N=C1C2=CC=C(c3ccc(Cl)cc3)C(=O)C2=Cc2ccccc21. The second kappa shape index (κ2) is 5.18. The van der Waals surface area contributed by atoms with E-state index in [1.165, 1.54) is 0 Å². The zero-order valence-corrected chi connectivity index (χ0v) is 12.9. The van der Waals surface area contributed by atoms with Crippen LogP contribution < -0.4 is 0 Å². The van der Waals surface area contributed by atoms with Gasteiger partial charge in [0.2, 0.25) is 0 Å². The van der Waals surface area contributed by atoms with Crippen LogP contribution in [0.2, 0.25) is 5.02 Å². The van der Waals surface area contributed by atoms with E-state index < -0.39 is 0 Å². The smallest absolute Gasteiger partial charge is 0.194 e. The molecule has 0 unspecified atom stereocenters. The van der Waals surface area contributed by atoms with Crippen LogP contribution in [0.1, 0.15) is 16.7 Å². The van der Waals surface area contributed by atoms with E-state index in [0.717, 1.165) is 16.7 Å². The lowest BCUT2D eigenvalue weighted by molar-refractivity contribution is -0.110. The summed E-state index contributed by atoms with van der Waals surface area (Å²) < 4.78 is 0. The first-order chi connectivity index (χ1) is 11.1. The minimum Gasteiger partial charge on any atom is -0.300 e. The van der Waals surface area contributed by atoms with E-state index in [9.17, 15) is 4.79 Å². The standard InChI is InChI=1S/C20H12ClNO/c21-14-7-5-12(6-8-14)16-9-10-17-18(20(16)23)11-13-3-1-2-4-15(13)19(17)22/h1-11,22H. The third kappa shape index (κ3) is 2.19. The second-order valence-corrected chi connectivity index (χ2v) is 5.95. The van der Waals surface area contributed by atoms with Crippen molar-refractivity contribution in [2.24, 2.45) is 0 Å². The first kappa shape index (κ1) is 13.9. The first-order valence-electron chi connectivity index (χ1n) is 7.28. The summed E-state index contributed by atoms with van der Waals surface area (Å²) in [5.41, 5.74) is 4.91. The molecule has 23 heavy (non-hydrogen) atoms. The van der Waals surface area contributed by atoms with Crippen LogP contribution in [0.3, 0.4) is 0 Å². The highest BCUT2D eigenvalue weighted by Gasteiger charge is 2.29. The topological polar surface area (TPSA) is 40.9 Å². The highest BCUT2D eigenvalue weighted by atomic mass is 35.5. The van der Waals surface area contributed by atoms with Crippen molar-refractivity contribution < 1.29 is 4.79 Å². The molecule has 1 N–H and O–H groups in total. The predicted octanol–water partition coefficient (Wildman–Crippen LogP) is 4.70. The molecule has 0 spiro atoms. The van der Waals surface area contributed by atoms with Crippen molar-refractivity contribution in [1.29, 1.82) is 5.41 Å². The Balaban J connectivity index is 1.85. The maximum absolute atomic E-state index is 12.9. The molecule has 2 nitrogen and oxygen atoms in total. The Morgan fingerprint density at radius 2 is 1.52 bits per heavy atom. The molecular weight excluding hydrogens is 306 g/mol. The van der Waals surface area contributed by atoms with Gasteiger partial charge in [-0.15, -0.1) is 0 Å². The number of allylic oxidation sites excluding steroid dienone is 5. The minimum atomic E-state index is -0.0518. The molecule has 2 aromatic carbocycles. The lowest BCUT2D eigenvalue weighted by Crippen LogP contribution is -2.20. The Bertz CT molecular complexity index is 946. The van der Waals surface area contributed by atoms with Crippen molar-refractivity contribution in [3.05, 3.63) is 93.5 Å². The fraction of sp³-hybridized carbons (Fsp3) is 0. The Hall–Kier alpha value is -2.71. The Morgan fingerprint density at radius 1 is 0.826 bits per heavy atom. The van der Waals surface area contributed by atoms with E-state index >= 15 is 0 Å². The molecule has 110 valence electrons. The number of rotatable bonds is 1. The molecule has 0 radical (unpaired) electrons. The fourth-order valence-electron chi connectivity index (χ4n) is 2.97. The van der Waals surface area contributed by atoms with Crippen molar-refractivity contribution in [2.75, 3.05) is 0 Å². The highest BCUT2D eigenvalue weighted by molar-refractivity contribution is 6.39. The van der Waals surface area contributed by atoms with Crippen LogP contribution in [0.15, 0.2) is 71.8 Å². The zero-order chi connectivity index (χ0) is 16.0. The van der Waals surface area contributed by atoms with Gasteiger partial charge in [-0.25, -0.2) is 0 Å². The average Bonchev–Trinajstić information content (AvgIpc) is 2.57. The van der Waals surface area contributed by atoms with Gasteiger partial charge in [-0.1, -0.05) is 54.1 Å². The van der Waals surface area contributed by atoms with Gasteiger partial charge in [-0.3, -0.25) is 10.2 Å². The van der Waals surface area contributed by atoms with Crippen LogP contribution in [0.25, 0.3) is 11.6 Å². The maximum Gasteiger partial charge on any atom is 0.194 e. The maximum atomic E-state index is 12.9. The van der Waals surface area contributed by atoms with Crippen LogP contribution in [-0.4, -0.2) is 11.5 Å². The third-order valence-corrected chi connectivity index (χ3v) is 4.40. The molecule has 0 atom stereocenters. The molecule has 0 saturated heterocycles. The first-order valence-corrected chi connectivity index (χ1v) is 7.66. The zero-order valence-electron chi connectivity index (χ0n) is 12.1. The van der Waals surface area contributed by atoms with E-state index in [1.807, 2.05) is 48.6 Å². The lowest BCUT2D eigenvalue weighted by atomic mass is 9.79. The van der Waals surface area contributed by atoms with Gasteiger partial charge >= 0.3 is 0 Å². The van der Waals surface area contributed by atoms with Gasteiger partial charge in [0, 0.05) is 27.3 Å². The molecule has 0 bridgehead atoms. The van der Waals surface area contributed by atoms with Crippen molar-refractivity contribution in [2.45, 2.75) is 0 Å². The summed E-state index contributed by atoms with van der Waals surface area (Å²) in [4.78, 5) is 12.9. The van der Waals surface area contributed by atoms with E-state index in [4.69, 9.17) is 17.0 Å². The Morgan fingerprint density at radius 3 is 2.30 bits per heavy atom. The summed E-state index contributed by atoms with van der Waals surface area (Å²) in [5, 5.41) is 9.02. The van der Waals surface area contributed by atoms with Gasteiger partial charge in [-0.2, -0.15) is 0 Å².